The van der Waals surface area contributed by atoms with Crippen molar-refractivity contribution in [3.8, 4) is 5.75 Å². The fourth-order valence-corrected chi connectivity index (χ4v) is 2.17. The molecule has 0 bridgehead atoms. The summed E-state index contributed by atoms with van der Waals surface area (Å²) in [7, 11) is 0. The molecule has 1 aliphatic heterocycles. The lowest BCUT2D eigenvalue weighted by Crippen LogP contribution is -2.35. The van der Waals surface area contributed by atoms with Gasteiger partial charge in [-0.2, -0.15) is 0 Å². The summed E-state index contributed by atoms with van der Waals surface area (Å²) in [6.07, 6.45) is 3.22. The van der Waals surface area contributed by atoms with Crippen molar-refractivity contribution >= 4 is 5.91 Å². The number of amides is 1. The van der Waals surface area contributed by atoms with Crippen LogP contribution in [0.1, 0.15) is 31.7 Å². The number of hydrogen-bond acceptors (Lipinski definition) is 3. The zero-order valence-electron chi connectivity index (χ0n) is 11.4. The molecule has 0 spiro atoms. The van der Waals surface area contributed by atoms with Gasteiger partial charge in [-0.1, -0.05) is 18.2 Å². The molecule has 1 aliphatic rings. The Kier molecular flexibility index (Phi) is 5.21. The van der Waals surface area contributed by atoms with E-state index in [-0.39, 0.29) is 5.91 Å². The second-order valence-electron chi connectivity index (χ2n) is 4.58. The predicted octanol–water partition coefficient (Wildman–Crippen LogP) is 2.57. The Labute approximate surface area is 114 Å². The van der Waals surface area contributed by atoms with Crippen LogP contribution in [-0.2, 0) is 16.1 Å². The molecule has 1 aromatic carbocycles. The first-order valence-corrected chi connectivity index (χ1v) is 6.95. The van der Waals surface area contributed by atoms with Crippen molar-refractivity contribution in [3.63, 3.8) is 0 Å². The summed E-state index contributed by atoms with van der Waals surface area (Å²) in [5.41, 5.74) is 1.08. The highest BCUT2D eigenvalue weighted by atomic mass is 16.7. The van der Waals surface area contributed by atoms with E-state index in [1.807, 2.05) is 31.2 Å². The number of ether oxygens (including phenoxy) is 1. The Hall–Kier alpha value is -1.55. The van der Waals surface area contributed by atoms with E-state index in [1.165, 1.54) is 5.06 Å². The molecule has 4 heteroatoms. The molecule has 0 N–H and O–H groups in total. The third kappa shape index (κ3) is 3.96. The van der Waals surface area contributed by atoms with Gasteiger partial charge in [0.2, 0.25) is 5.91 Å². The van der Waals surface area contributed by atoms with Gasteiger partial charge in [-0.3, -0.25) is 9.63 Å². The van der Waals surface area contributed by atoms with E-state index in [9.17, 15) is 4.79 Å². The van der Waals surface area contributed by atoms with E-state index in [0.717, 1.165) is 24.2 Å². The Morgan fingerprint density at radius 1 is 1.37 bits per heavy atom. The van der Waals surface area contributed by atoms with Crippen LogP contribution in [0.4, 0.5) is 0 Å². The lowest BCUT2D eigenvalue weighted by molar-refractivity contribution is -0.197. The molecule has 104 valence electrons. The van der Waals surface area contributed by atoms with E-state index in [2.05, 4.69) is 0 Å². The van der Waals surface area contributed by atoms with Gasteiger partial charge in [-0.05, 0) is 37.8 Å². The Morgan fingerprint density at radius 2 is 2.21 bits per heavy atom. The number of aryl methyl sites for hydroxylation is 1. The van der Waals surface area contributed by atoms with Gasteiger partial charge in [0.15, 0.2) is 0 Å². The second kappa shape index (κ2) is 7.14. The van der Waals surface area contributed by atoms with E-state index in [0.29, 0.717) is 32.6 Å². The number of carbonyl (C=O) groups excluding carboxylic acids is 1. The molecule has 1 saturated heterocycles. The zero-order valence-corrected chi connectivity index (χ0v) is 11.4. The minimum atomic E-state index is 0.0611. The second-order valence-corrected chi connectivity index (χ2v) is 4.58. The molecule has 0 saturated carbocycles. The van der Waals surface area contributed by atoms with E-state index < -0.39 is 0 Å². The summed E-state index contributed by atoms with van der Waals surface area (Å²) >= 11 is 0. The molecule has 0 aromatic heterocycles. The summed E-state index contributed by atoms with van der Waals surface area (Å²) in [5, 5.41) is 1.51. The highest BCUT2D eigenvalue weighted by molar-refractivity contribution is 5.75. The van der Waals surface area contributed by atoms with Crippen molar-refractivity contribution in [2.75, 3.05) is 19.8 Å². The SMILES string of the molecule is CCOc1ccccc1CCC(=O)N1CCCCO1. The number of hydrogen-bond donors (Lipinski definition) is 0. The fourth-order valence-electron chi connectivity index (χ4n) is 2.17. The van der Waals surface area contributed by atoms with Crippen LogP contribution in [0.15, 0.2) is 24.3 Å². The lowest BCUT2D eigenvalue weighted by Gasteiger charge is -2.25. The maximum atomic E-state index is 12.0. The van der Waals surface area contributed by atoms with Crippen LogP contribution < -0.4 is 4.74 Å². The molecule has 0 unspecified atom stereocenters. The van der Waals surface area contributed by atoms with Gasteiger partial charge < -0.3 is 4.74 Å². The summed E-state index contributed by atoms with van der Waals surface area (Å²) in [6.45, 7) is 3.97. The Bertz CT molecular complexity index is 414. The van der Waals surface area contributed by atoms with Crippen LogP contribution in [0.3, 0.4) is 0 Å². The molecule has 1 aromatic rings. The van der Waals surface area contributed by atoms with Crippen molar-refractivity contribution in [3.05, 3.63) is 29.8 Å². The van der Waals surface area contributed by atoms with Crippen molar-refractivity contribution in [1.82, 2.24) is 5.06 Å². The van der Waals surface area contributed by atoms with Gasteiger partial charge in [0.1, 0.15) is 5.75 Å². The third-order valence-corrected chi connectivity index (χ3v) is 3.16. The average Bonchev–Trinajstić information content (AvgIpc) is 2.47. The molecule has 2 rings (SSSR count). The predicted molar refractivity (Wildman–Crippen MR) is 72.8 cm³/mol. The molecule has 0 atom stereocenters. The van der Waals surface area contributed by atoms with Gasteiger partial charge in [-0.15, -0.1) is 0 Å². The van der Waals surface area contributed by atoms with Crippen molar-refractivity contribution in [2.45, 2.75) is 32.6 Å². The topological polar surface area (TPSA) is 38.8 Å². The number of para-hydroxylation sites is 1. The Balaban J connectivity index is 1.89. The van der Waals surface area contributed by atoms with E-state index >= 15 is 0 Å². The molecule has 1 heterocycles. The average molecular weight is 263 g/mol. The van der Waals surface area contributed by atoms with Crippen molar-refractivity contribution < 1.29 is 14.4 Å². The van der Waals surface area contributed by atoms with Gasteiger partial charge in [0.25, 0.3) is 0 Å². The minimum Gasteiger partial charge on any atom is -0.494 e. The zero-order chi connectivity index (χ0) is 13.5. The molecule has 19 heavy (non-hydrogen) atoms. The highest BCUT2D eigenvalue weighted by Gasteiger charge is 2.17. The van der Waals surface area contributed by atoms with Crippen LogP contribution in [0.25, 0.3) is 0 Å². The Morgan fingerprint density at radius 3 is 2.95 bits per heavy atom. The van der Waals surface area contributed by atoms with Crippen LogP contribution in [0.2, 0.25) is 0 Å². The van der Waals surface area contributed by atoms with E-state index in [1.54, 1.807) is 0 Å². The molecular formula is C15H21NO3. The molecule has 1 amide bonds. The van der Waals surface area contributed by atoms with Gasteiger partial charge in [0, 0.05) is 13.0 Å². The normalized spacial score (nSPS) is 15.3. The summed E-state index contributed by atoms with van der Waals surface area (Å²) < 4.78 is 5.56. The quantitative estimate of drug-likeness (QED) is 0.819. The lowest BCUT2D eigenvalue weighted by atomic mass is 10.1. The first kappa shape index (κ1) is 13.9. The number of nitrogens with zero attached hydrogens (tertiary/aromatic N) is 1. The maximum Gasteiger partial charge on any atom is 0.246 e. The highest BCUT2D eigenvalue weighted by Crippen LogP contribution is 2.20. The number of hydroxylamine groups is 2. The molecular weight excluding hydrogens is 242 g/mol. The van der Waals surface area contributed by atoms with E-state index in [4.69, 9.17) is 9.57 Å². The third-order valence-electron chi connectivity index (χ3n) is 3.16. The van der Waals surface area contributed by atoms with Gasteiger partial charge in [0.05, 0.1) is 13.2 Å². The maximum absolute atomic E-state index is 12.0. The minimum absolute atomic E-state index is 0.0611. The first-order chi connectivity index (χ1) is 9.31. The number of benzene rings is 1. The molecule has 0 aliphatic carbocycles. The van der Waals surface area contributed by atoms with Crippen LogP contribution in [0.5, 0.6) is 5.75 Å². The summed E-state index contributed by atoms with van der Waals surface area (Å²) in [5.74, 6) is 0.934. The fraction of sp³-hybridized carbons (Fsp3) is 0.533. The van der Waals surface area contributed by atoms with Crippen LogP contribution >= 0.6 is 0 Å². The summed E-state index contributed by atoms with van der Waals surface area (Å²) in [4.78, 5) is 17.4. The monoisotopic (exact) mass is 263 g/mol. The number of carbonyl (C=O) groups is 1. The smallest absolute Gasteiger partial charge is 0.246 e. The standard InChI is InChI=1S/C15H21NO3/c1-2-18-14-8-4-3-7-13(14)9-10-15(17)16-11-5-6-12-19-16/h3-4,7-8H,2,5-6,9-12H2,1H3. The van der Waals surface area contributed by atoms with Crippen LogP contribution in [-0.4, -0.2) is 30.7 Å². The van der Waals surface area contributed by atoms with Gasteiger partial charge in [-0.25, -0.2) is 5.06 Å². The molecule has 0 radical (unpaired) electrons. The van der Waals surface area contributed by atoms with Crippen molar-refractivity contribution in [2.24, 2.45) is 0 Å². The first-order valence-electron chi connectivity index (χ1n) is 6.95. The molecule has 4 nitrogen and oxygen atoms in total. The van der Waals surface area contributed by atoms with Crippen LogP contribution in [0, 0.1) is 0 Å². The number of rotatable bonds is 5. The van der Waals surface area contributed by atoms with Gasteiger partial charge >= 0.3 is 0 Å². The largest absolute Gasteiger partial charge is 0.494 e. The summed E-state index contributed by atoms with van der Waals surface area (Å²) in [6, 6.07) is 7.87. The van der Waals surface area contributed by atoms with Crippen molar-refractivity contribution in [1.29, 1.82) is 0 Å². The molecule has 1 fully saturated rings.